The second-order valence-corrected chi connectivity index (χ2v) is 5.74. The molecule has 98 valence electrons. The Labute approximate surface area is 105 Å². The third-order valence-electron chi connectivity index (χ3n) is 4.39. The fraction of sp³-hybridized carbons (Fsp3) is 0.929. The van der Waals surface area contributed by atoms with Gasteiger partial charge in [0.25, 0.3) is 0 Å². The van der Waals surface area contributed by atoms with Gasteiger partial charge in [0.05, 0.1) is 5.92 Å². The lowest BCUT2D eigenvalue weighted by molar-refractivity contribution is -0.126. The van der Waals surface area contributed by atoms with Gasteiger partial charge in [-0.1, -0.05) is 19.3 Å². The van der Waals surface area contributed by atoms with Crippen molar-refractivity contribution in [2.24, 2.45) is 11.8 Å². The number of hydrogen-bond donors (Lipinski definition) is 2. The van der Waals surface area contributed by atoms with Crippen LogP contribution in [0.5, 0.6) is 0 Å². The molecule has 0 unspecified atom stereocenters. The highest BCUT2D eigenvalue weighted by atomic mass is 16.2. The highest BCUT2D eigenvalue weighted by Crippen LogP contribution is 2.26. The Kier molecular flexibility index (Phi) is 4.84. The van der Waals surface area contributed by atoms with E-state index in [1.807, 2.05) is 0 Å². The van der Waals surface area contributed by atoms with Crippen molar-refractivity contribution < 1.29 is 4.79 Å². The molecule has 2 fully saturated rings. The molecule has 0 radical (unpaired) electrons. The van der Waals surface area contributed by atoms with Crippen LogP contribution in [0.4, 0.5) is 0 Å². The first-order valence-electron chi connectivity index (χ1n) is 7.28. The minimum absolute atomic E-state index is 0.204. The molecule has 3 heteroatoms. The minimum atomic E-state index is 0.204. The van der Waals surface area contributed by atoms with Crippen LogP contribution in [0.25, 0.3) is 0 Å². The van der Waals surface area contributed by atoms with E-state index in [2.05, 4.69) is 17.6 Å². The molecular formula is C14H26N2O. The zero-order chi connectivity index (χ0) is 12.1. The predicted octanol–water partition coefficient (Wildman–Crippen LogP) is 2.07. The van der Waals surface area contributed by atoms with E-state index in [0.29, 0.717) is 12.0 Å². The number of carbonyl (C=O) groups excluding carboxylic acids is 1. The molecule has 1 saturated heterocycles. The van der Waals surface area contributed by atoms with E-state index in [4.69, 9.17) is 0 Å². The van der Waals surface area contributed by atoms with Crippen molar-refractivity contribution in [3.8, 4) is 0 Å². The van der Waals surface area contributed by atoms with E-state index in [1.165, 1.54) is 32.1 Å². The zero-order valence-corrected chi connectivity index (χ0v) is 11.0. The Morgan fingerprint density at radius 3 is 2.59 bits per heavy atom. The Morgan fingerprint density at radius 2 is 1.94 bits per heavy atom. The van der Waals surface area contributed by atoms with Crippen LogP contribution in [0.1, 0.15) is 51.9 Å². The van der Waals surface area contributed by atoms with Gasteiger partial charge < -0.3 is 10.6 Å². The molecule has 2 rings (SSSR count). The highest BCUT2D eigenvalue weighted by Gasteiger charge is 2.25. The summed E-state index contributed by atoms with van der Waals surface area (Å²) in [7, 11) is 0. The average molecular weight is 238 g/mol. The molecule has 2 aliphatic rings. The van der Waals surface area contributed by atoms with Crippen molar-refractivity contribution in [3.63, 3.8) is 0 Å². The van der Waals surface area contributed by atoms with E-state index < -0.39 is 0 Å². The van der Waals surface area contributed by atoms with Crippen LogP contribution in [0.15, 0.2) is 0 Å². The molecule has 2 N–H and O–H groups in total. The molecule has 0 aromatic carbocycles. The van der Waals surface area contributed by atoms with Gasteiger partial charge in [0.1, 0.15) is 0 Å². The second kappa shape index (κ2) is 6.39. The molecule has 0 spiro atoms. The van der Waals surface area contributed by atoms with Crippen molar-refractivity contribution in [3.05, 3.63) is 0 Å². The molecule has 0 aromatic heterocycles. The van der Waals surface area contributed by atoms with Gasteiger partial charge in [0.2, 0.25) is 5.91 Å². The van der Waals surface area contributed by atoms with Crippen LogP contribution in [0.2, 0.25) is 0 Å². The summed E-state index contributed by atoms with van der Waals surface area (Å²) < 4.78 is 0. The fourth-order valence-corrected chi connectivity index (χ4v) is 3.17. The SMILES string of the molecule is C[C@@H](NC(=O)[C@H]1CCCNC1)C1CCCCC1. The highest BCUT2D eigenvalue weighted by molar-refractivity contribution is 5.79. The average Bonchev–Trinajstić information content (AvgIpc) is 2.40. The number of carbonyl (C=O) groups is 1. The van der Waals surface area contributed by atoms with Crippen LogP contribution >= 0.6 is 0 Å². The monoisotopic (exact) mass is 238 g/mol. The molecule has 3 nitrogen and oxygen atoms in total. The molecule has 1 amide bonds. The van der Waals surface area contributed by atoms with Crippen LogP contribution in [-0.2, 0) is 4.79 Å². The third kappa shape index (κ3) is 3.70. The van der Waals surface area contributed by atoms with E-state index >= 15 is 0 Å². The lowest BCUT2D eigenvalue weighted by Gasteiger charge is -2.30. The van der Waals surface area contributed by atoms with E-state index in [-0.39, 0.29) is 11.8 Å². The van der Waals surface area contributed by atoms with Crippen LogP contribution in [0, 0.1) is 11.8 Å². The van der Waals surface area contributed by atoms with E-state index in [0.717, 1.165) is 25.9 Å². The van der Waals surface area contributed by atoms with Crippen LogP contribution < -0.4 is 10.6 Å². The van der Waals surface area contributed by atoms with Gasteiger partial charge >= 0.3 is 0 Å². The topological polar surface area (TPSA) is 41.1 Å². The van der Waals surface area contributed by atoms with Gasteiger partial charge in [-0.15, -0.1) is 0 Å². The maximum absolute atomic E-state index is 12.1. The zero-order valence-electron chi connectivity index (χ0n) is 11.0. The molecule has 0 bridgehead atoms. The summed E-state index contributed by atoms with van der Waals surface area (Å²) in [6, 6.07) is 0.365. The maximum atomic E-state index is 12.1. The number of amides is 1. The molecule has 1 aliphatic carbocycles. The first-order chi connectivity index (χ1) is 8.27. The lowest BCUT2D eigenvalue weighted by atomic mass is 9.84. The molecule has 0 aromatic rings. The smallest absolute Gasteiger partial charge is 0.224 e. The molecular weight excluding hydrogens is 212 g/mol. The van der Waals surface area contributed by atoms with Gasteiger partial charge in [-0.25, -0.2) is 0 Å². The predicted molar refractivity (Wildman–Crippen MR) is 69.8 cm³/mol. The first-order valence-corrected chi connectivity index (χ1v) is 7.28. The largest absolute Gasteiger partial charge is 0.353 e. The quantitative estimate of drug-likeness (QED) is 0.790. The standard InChI is InChI=1S/C14H26N2O/c1-11(12-6-3-2-4-7-12)16-14(17)13-8-5-9-15-10-13/h11-13,15H,2-10H2,1H3,(H,16,17)/t11-,13+/m1/s1. The molecule has 1 heterocycles. The Bertz CT molecular complexity index is 243. The summed E-state index contributed by atoms with van der Waals surface area (Å²) >= 11 is 0. The second-order valence-electron chi connectivity index (χ2n) is 5.74. The van der Waals surface area contributed by atoms with Gasteiger partial charge in [-0.2, -0.15) is 0 Å². The number of piperidine rings is 1. The summed E-state index contributed by atoms with van der Waals surface area (Å²) in [4.78, 5) is 12.1. The van der Waals surface area contributed by atoms with Crippen molar-refractivity contribution in [1.29, 1.82) is 0 Å². The van der Waals surface area contributed by atoms with Crippen molar-refractivity contribution in [1.82, 2.24) is 10.6 Å². The van der Waals surface area contributed by atoms with Gasteiger partial charge in [0.15, 0.2) is 0 Å². The van der Waals surface area contributed by atoms with Crippen LogP contribution in [0.3, 0.4) is 0 Å². The Morgan fingerprint density at radius 1 is 1.18 bits per heavy atom. The van der Waals surface area contributed by atoms with Crippen molar-refractivity contribution >= 4 is 5.91 Å². The van der Waals surface area contributed by atoms with Crippen LogP contribution in [-0.4, -0.2) is 25.0 Å². The van der Waals surface area contributed by atoms with E-state index in [9.17, 15) is 4.79 Å². The summed E-state index contributed by atoms with van der Waals surface area (Å²) in [6.45, 7) is 4.12. The van der Waals surface area contributed by atoms with Gasteiger partial charge in [-0.05, 0) is 45.1 Å². The summed E-state index contributed by atoms with van der Waals surface area (Å²) in [6.07, 6.45) is 8.84. The Hall–Kier alpha value is -0.570. The number of hydrogen-bond acceptors (Lipinski definition) is 2. The number of nitrogens with one attached hydrogen (secondary N) is 2. The molecule has 17 heavy (non-hydrogen) atoms. The normalized spacial score (nSPS) is 28.6. The van der Waals surface area contributed by atoms with Gasteiger partial charge in [-0.3, -0.25) is 4.79 Å². The first kappa shape index (κ1) is 12.9. The minimum Gasteiger partial charge on any atom is -0.353 e. The molecule has 2 atom stereocenters. The maximum Gasteiger partial charge on any atom is 0.224 e. The molecule has 1 aliphatic heterocycles. The van der Waals surface area contributed by atoms with Crippen molar-refractivity contribution in [2.75, 3.05) is 13.1 Å². The van der Waals surface area contributed by atoms with Gasteiger partial charge in [0, 0.05) is 12.6 Å². The number of rotatable bonds is 3. The summed E-state index contributed by atoms with van der Waals surface area (Å²) in [5.41, 5.74) is 0. The molecule has 1 saturated carbocycles. The third-order valence-corrected chi connectivity index (χ3v) is 4.39. The lowest BCUT2D eigenvalue weighted by Crippen LogP contribution is -2.46. The van der Waals surface area contributed by atoms with Crippen molar-refractivity contribution in [2.45, 2.75) is 57.9 Å². The van der Waals surface area contributed by atoms with E-state index in [1.54, 1.807) is 0 Å². The summed E-state index contributed by atoms with van der Waals surface area (Å²) in [5, 5.41) is 6.55. The Balaban J connectivity index is 1.76. The fourth-order valence-electron chi connectivity index (χ4n) is 3.17. The summed E-state index contributed by atoms with van der Waals surface area (Å²) in [5.74, 6) is 1.19.